The summed E-state index contributed by atoms with van der Waals surface area (Å²) in [6.07, 6.45) is 0.212. The van der Waals surface area contributed by atoms with Crippen LogP contribution in [0.5, 0.6) is 5.75 Å². The average Bonchev–Trinajstić information content (AvgIpc) is 2.25. The second-order valence-electron chi connectivity index (χ2n) is 9.30. The molecule has 1 N–H and O–H groups in total. The van der Waals surface area contributed by atoms with Gasteiger partial charge in [-0.2, -0.15) is 0 Å². The molecule has 1 rings (SSSR count). The van der Waals surface area contributed by atoms with Gasteiger partial charge >= 0.3 is 5.97 Å². The van der Waals surface area contributed by atoms with Crippen LogP contribution in [0.2, 0.25) is 0 Å². The van der Waals surface area contributed by atoms with Crippen molar-refractivity contribution in [3.63, 3.8) is 0 Å². The van der Waals surface area contributed by atoms with Crippen molar-refractivity contribution in [3.8, 4) is 5.75 Å². The molecule has 130 valence electrons. The zero-order valence-corrected chi connectivity index (χ0v) is 16.1. The highest BCUT2D eigenvalue weighted by Crippen LogP contribution is 2.39. The monoisotopic (exact) mass is 320 g/mol. The van der Waals surface area contributed by atoms with Gasteiger partial charge in [-0.25, -0.2) is 0 Å². The highest BCUT2D eigenvalue weighted by atomic mass is 16.6. The molecule has 0 radical (unpaired) electrons. The Bertz CT molecular complexity index is 543. The second-order valence-corrected chi connectivity index (χ2v) is 9.30. The van der Waals surface area contributed by atoms with Crippen LogP contribution >= 0.6 is 0 Å². The highest BCUT2D eigenvalue weighted by Gasteiger charge is 2.27. The van der Waals surface area contributed by atoms with E-state index < -0.39 is 5.60 Å². The molecule has 0 aromatic heterocycles. The maximum atomic E-state index is 12.2. The number of phenols is 1. The van der Waals surface area contributed by atoms with Crippen molar-refractivity contribution in [2.24, 2.45) is 0 Å². The van der Waals surface area contributed by atoms with E-state index in [1.807, 2.05) is 32.9 Å². The summed E-state index contributed by atoms with van der Waals surface area (Å²) in [4.78, 5) is 12.2. The minimum absolute atomic E-state index is 0.200. The number of rotatable bonds is 2. The lowest BCUT2D eigenvalue weighted by molar-refractivity contribution is -0.153. The van der Waals surface area contributed by atoms with Gasteiger partial charge in [0.25, 0.3) is 0 Å². The van der Waals surface area contributed by atoms with Crippen molar-refractivity contribution in [2.75, 3.05) is 0 Å². The van der Waals surface area contributed by atoms with Crippen molar-refractivity contribution in [3.05, 3.63) is 28.8 Å². The van der Waals surface area contributed by atoms with Gasteiger partial charge in [-0.05, 0) is 48.3 Å². The number of hydrogen-bond donors (Lipinski definition) is 1. The number of carbonyl (C=O) groups excluding carboxylic acids is 1. The van der Waals surface area contributed by atoms with Gasteiger partial charge in [-0.1, -0.05) is 53.7 Å². The van der Waals surface area contributed by atoms with E-state index in [0.29, 0.717) is 5.75 Å². The van der Waals surface area contributed by atoms with Crippen LogP contribution < -0.4 is 0 Å². The maximum absolute atomic E-state index is 12.2. The van der Waals surface area contributed by atoms with E-state index >= 15 is 0 Å². The third-order valence-corrected chi connectivity index (χ3v) is 3.55. The normalized spacial score (nSPS) is 13.1. The number of aromatic hydroxyl groups is 1. The number of hydrogen-bond acceptors (Lipinski definition) is 3. The summed E-state index contributed by atoms with van der Waals surface area (Å²) in [7, 11) is 0. The van der Waals surface area contributed by atoms with Gasteiger partial charge in [-0.15, -0.1) is 0 Å². The predicted molar refractivity (Wildman–Crippen MR) is 95.1 cm³/mol. The molecule has 0 spiro atoms. The van der Waals surface area contributed by atoms with Crippen molar-refractivity contribution in [2.45, 2.75) is 85.2 Å². The summed E-state index contributed by atoms with van der Waals surface area (Å²) in [5, 5.41) is 10.7. The highest BCUT2D eigenvalue weighted by molar-refractivity contribution is 5.73. The Labute approximate surface area is 141 Å². The van der Waals surface area contributed by atoms with Crippen LogP contribution in [0.25, 0.3) is 0 Å². The molecule has 0 aliphatic carbocycles. The molecule has 3 heteroatoms. The Balaban J connectivity index is 3.32. The van der Waals surface area contributed by atoms with E-state index in [0.717, 1.165) is 16.7 Å². The number of ether oxygens (including phenoxy) is 1. The molecule has 0 saturated carbocycles. The molecule has 0 unspecified atom stereocenters. The summed E-state index contributed by atoms with van der Waals surface area (Å²) in [6.45, 7) is 18.0. The molecule has 0 aliphatic rings. The van der Waals surface area contributed by atoms with Gasteiger partial charge < -0.3 is 9.84 Å². The molecule has 0 fully saturated rings. The van der Waals surface area contributed by atoms with Gasteiger partial charge in [0.15, 0.2) is 0 Å². The summed E-state index contributed by atoms with van der Waals surface area (Å²) in [5.74, 6) is 0.0841. The molecule has 0 heterocycles. The lowest BCUT2D eigenvalue weighted by atomic mass is 9.78. The fourth-order valence-corrected chi connectivity index (χ4v) is 2.48. The largest absolute Gasteiger partial charge is 0.507 e. The number of esters is 1. The standard InChI is InChI=1S/C20H32O3/c1-18(2,3)14-10-13(12-16(21)23-20(7,8)9)11-15(17(14)22)19(4,5)6/h10-11,22H,12H2,1-9H3. The van der Waals surface area contributed by atoms with Crippen molar-refractivity contribution < 1.29 is 14.6 Å². The van der Waals surface area contributed by atoms with Gasteiger partial charge in [0.1, 0.15) is 11.4 Å². The van der Waals surface area contributed by atoms with Gasteiger partial charge in [-0.3, -0.25) is 4.79 Å². The Morgan fingerprint density at radius 1 is 0.913 bits per heavy atom. The third kappa shape index (κ3) is 5.56. The Morgan fingerprint density at radius 2 is 1.30 bits per heavy atom. The van der Waals surface area contributed by atoms with Crippen LogP contribution in [0.1, 0.15) is 79.0 Å². The van der Waals surface area contributed by atoms with Crippen molar-refractivity contribution >= 4 is 5.97 Å². The maximum Gasteiger partial charge on any atom is 0.310 e. The van der Waals surface area contributed by atoms with Gasteiger partial charge in [0, 0.05) is 0 Å². The minimum Gasteiger partial charge on any atom is -0.507 e. The Hall–Kier alpha value is -1.51. The molecule has 0 bridgehead atoms. The molecule has 0 saturated heterocycles. The first kappa shape index (κ1) is 19.5. The van der Waals surface area contributed by atoms with Crippen LogP contribution in [-0.2, 0) is 26.8 Å². The smallest absolute Gasteiger partial charge is 0.310 e. The summed E-state index contributed by atoms with van der Waals surface area (Å²) >= 11 is 0. The van der Waals surface area contributed by atoms with E-state index in [1.165, 1.54) is 0 Å². The van der Waals surface area contributed by atoms with Gasteiger partial charge in [0.2, 0.25) is 0 Å². The number of carbonyl (C=O) groups is 1. The zero-order chi connectivity index (χ0) is 18.2. The van der Waals surface area contributed by atoms with Gasteiger partial charge in [0.05, 0.1) is 6.42 Å². The first-order chi connectivity index (χ1) is 10.1. The van der Waals surface area contributed by atoms with E-state index in [9.17, 15) is 9.90 Å². The first-order valence-electron chi connectivity index (χ1n) is 8.20. The summed E-state index contributed by atoms with van der Waals surface area (Å²) in [6, 6.07) is 3.85. The second kappa shape index (κ2) is 6.18. The van der Waals surface area contributed by atoms with E-state index in [2.05, 4.69) is 41.5 Å². The molecule has 3 nitrogen and oxygen atoms in total. The van der Waals surface area contributed by atoms with Crippen LogP contribution in [0.3, 0.4) is 0 Å². The molecule has 0 atom stereocenters. The molecular formula is C20H32O3. The third-order valence-electron chi connectivity index (χ3n) is 3.55. The Morgan fingerprint density at radius 3 is 1.61 bits per heavy atom. The van der Waals surface area contributed by atoms with Crippen LogP contribution in [0, 0.1) is 0 Å². The fourth-order valence-electron chi connectivity index (χ4n) is 2.48. The predicted octanol–water partition coefficient (Wildman–Crippen LogP) is 4.87. The van der Waals surface area contributed by atoms with Crippen molar-refractivity contribution in [1.29, 1.82) is 0 Å². The summed E-state index contributed by atoms with van der Waals surface area (Å²) in [5.41, 5.74) is 1.72. The zero-order valence-electron chi connectivity index (χ0n) is 16.1. The quantitative estimate of drug-likeness (QED) is 0.791. The molecule has 1 aromatic rings. The average molecular weight is 320 g/mol. The molecule has 0 aliphatic heterocycles. The van der Waals surface area contributed by atoms with E-state index in [-0.39, 0.29) is 23.2 Å². The molecule has 0 amide bonds. The SMILES string of the molecule is CC(C)(C)OC(=O)Cc1cc(C(C)(C)C)c(O)c(C(C)(C)C)c1. The minimum atomic E-state index is -0.492. The van der Waals surface area contributed by atoms with Crippen molar-refractivity contribution in [1.82, 2.24) is 0 Å². The first-order valence-corrected chi connectivity index (χ1v) is 8.20. The number of phenolic OH excluding ortho intramolecular Hbond substituents is 1. The van der Waals surface area contributed by atoms with E-state index in [4.69, 9.17) is 4.74 Å². The van der Waals surface area contributed by atoms with E-state index in [1.54, 1.807) is 0 Å². The topological polar surface area (TPSA) is 46.5 Å². The molecule has 1 aromatic carbocycles. The lowest BCUT2D eigenvalue weighted by Crippen LogP contribution is -2.25. The molecule has 23 heavy (non-hydrogen) atoms. The van der Waals surface area contributed by atoms with Crippen LogP contribution in [-0.4, -0.2) is 16.7 Å². The summed E-state index contributed by atoms with van der Waals surface area (Å²) < 4.78 is 5.42. The Kier molecular flexibility index (Phi) is 5.25. The lowest BCUT2D eigenvalue weighted by Gasteiger charge is -2.28. The van der Waals surface area contributed by atoms with Crippen LogP contribution in [0.15, 0.2) is 12.1 Å². The number of benzene rings is 1. The fraction of sp³-hybridized carbons (Fsp3) is 0.650. The molecular weight excluding hydrogens is 288 g/mol. The van der Waals surface area contributed by atoms with Crippen LogP contribution in [0.4, 0.5) is 0 Å².